The molecule has 20 heavy (non-hydrogen) atoms. The van der Waals surface area contributed by atoms with Crippen molar-refractivity contribution >= 4 is 0 Å². The van der Waals surface area contributed by atoms with Crippen molar-refractivity contribution in [2.75, 3.05) is 33.5 Å². The van der Waals surface area contributed by atoms with Gasteiger partial charge in [-0.2, -0.15) is 0 Å². The van der Waals surface area contributed by atoms with Crippen molar-refractivity contribution in [1.29, 1.82) is 0 Å². The Morgan fingerprint density at radius 2 is 1.90 bits per heavy atom. The molecule has 3 atom stereocenters. The van der Waals surface area contributed by atoms with E-state index in [-0.39, 0.29) is 5.60 Å². The van der Waals surface area contributed by atoms with Crippen LogP contribution in [0, 0.1) is 5.92 Å². The molecule has 3 fully saturated rings. The van der Waals surface area contributed by atoms with Gasteiger partial charge in [0.2, 0.25) is 0 Å². The van der Waals surface area contributed by atoms with Crippen LogP contribution in [0.3, 0.4) is 0 Å². The molecule has 3 aliphatic heterocycles. The van der Waals surface area contributed by atoms with Crippen LogP contribution in [-0.2, 0) is 14.2 Å². The van der Waals surface area contributed by atoms with E-state index in [2.05, 4.69) is 12.4 Å². The Hall–Kier alpha value is -0.160. The Morgan fingerprint density at radius 3 is 2.60 bits per heavy atom. The van der Waals surface area contributed by atoms with E-state index in [4.69, 9.17) is 14.2 Å². The fraction of sp³-hybridized carbons (Fsp3) is 1.00. The van der Waals surface area contributed by atoms with E-state index in [1.165, 1.54) is 25.7 Å². The van der Waals surface area contributed by atoms with Gasteiger partial charge in [0.15, 0.2) is 0 Å². The third-order valence-electron chi connectivity index (χ3n) is 5.39. The van der Waals surface area contributed by atoms with Gasteiger partial charge in [-0.1, -0.05) is 0 Å². The number of rotatable bonds is 3. The summed E-state index contributed by atoms with van der Waals surface area (Å²) in [4.78, 5) is 0. The fourth-order valence-corrected chi connectivity index (χ4v) is 4.24. The maximum absolute atomic E-state index is 6.17. The summed E-state index contributed by atoms with van der Waals surface area (Å²) >= 11 is 0. The molecule has 0 aromatic carbocycles. The van der Waals surface area contributed by atoms with Crippen molar-refractivity contribution in [3.63, 3.8) is 0 Å². The van der Waals surface area contributed by atoms with Crippen LogP contribution in [0.1, 0.15) is 44.9 Å². The lowest BCUT2D eigenvalue weighted by atomic mass is 9.76. The molecular weight excluding hydrogens is 254 g/mol. The molecule has 0 aliphatic carbocycles. The van der Waals surface area contributed by atoms with E-state index in [1.54, 1.807) is 0 Å². The summed E-state index contributed by atoms with van der Waals surface area (Å²) in [5.74, 6) is 0.676. The smallest absolute Gasteiger partial charge is 0.0730 e. The number of hydrogen-bond donors (Lipinski definition) is 1. The van der Waals surface area contributed by atoms with E-state index in [9.17, 15) is 0 Å². The number of hydrogen-bond acceptors (Lipinski definition) is 4. The summed E-state index contributed by atoms with van der Waals surface area (Å²) in [6.45, 7) is 3.55. The second kappa shape index (κ2) is 6.73. The topological polar surface area (TPSA) is 39.7 Å². The Morgan fingerprint density at radius 1 is 1.05 bits per heavy atom. The second-order valence-corrected chi connectivity index (χ2v) is 6.62. The van der Waals surface area contributed by atoms with Gasteiger partial charge >= 0.3 is 0 Å². The zero-order valence-electron chi connectivity index (χ0n) is 12.7. The first-order valence-electron chi connectivity index (χ1n) is 8.34. The molecule has 0 bridgehead atoms. The van der Waals surface area contributed by atoms with E-state index in [0.29, 0.717) is 18.1 Å². The van der Waals surface area contributed by atoms with E-state index in [1.807, 2.05) is 0 Å². The van der Waals surface area contributed by atoms with Gasteiger partial charge in [0, 0.05) is 32.5 Å². The minimum Gasteiger partial charge on any atom is -0.381 e. The van der Waals surface area contributed by atoms with Gasteiger partial charge in [0.25, 0.3) is 0 Å². The van der Waals surface area contributed by atoms with Crippen LogP contribution in [0.15, 0.2) is 0 Å². The first-order valence-corrected chi connectivity index (χ1v) is 8.34. The summed E-state index contributed by atoms with van der Waals surface area (Å²) in [7, 11) is 2.09. The van der Waals surface area contributed by atoms with Gasteiger partial charge in [-0.05, 0) is 57.9 Å². The maximum Gasteiger partial charge on any atom is 0.0730 e. The molecule has 0 aromatic rings. The van der Waals surface area contributed by atoms with Crippen molar-refractivity contribution in [2.45, 2.75) is 62.7 Å². The Balaban J connectivity index is 1.64. The van der Waals surface area contributed by atoms with Crippen LogP contribution in [0.25, 0.3) is 0 Å². The van der Waals surface area contributed by atoms with Crippen molar-refractivity contribution in [2.24, 2.45) is 5.92 Å². The highest BCUT2D eigenvalue weighted by molar-refractivity contribution is 4.95. The molecule has 0 radical (unpaired) electrons. The van der Waals surface area contributed by atoms with E-state index in [0.717, 1.165) is 45.7 Å². The maximum atomic E-state index is 6.17. The SMILES string of the molecule is CNC(C1CCOC2(CCOCC2)C1)C1CCCCO1. The quantitative estimate of drug-likeness (QED) is 0.861. The zero-order chi connectivity index (χ0) is 13.8. The van der Waals surface area contributed by atoms with Crippen molar-refractivity contribution in [3.05, 3.63) is 0 Å². The fourth-order valence-electron chi connectivity index (χ4n) is 4.24. The van der Waals surface area contributed by atoms with Crippen LogP contribution < -0.4 is 5.32 Å². The summed E-state index contributed by atoms with van der Waals surface area (Å²) in [6, 6.07) is 0.485. The third kappa shape index (κ3) is 3.19. The number of likely N-dealkylation sites (N-methyl/N-ethyl adjacent to an activating group) is 1. The van der Waals surface area contributed by atoms with Crippen molar-refractivity contribution in [3.8, 4) is 0 Å². The summed E-state index contributed by atoms with van der Waals surface area (Å²) in [5, 5.41) is 3.55. The molecule has 3 rings (SSSR count). The van der Waals surface area contributed by atoms with Gasteiger partial charge in [-0.3, -0.25) is 0 Å². The van der Waals surface area contributed by atoms with E-state index >= 15 is 0 Å². The van der Waals surface area contributed by atoms with Crippen LogP contribution >= 0.6 is 0 Å². The molecule has 0 amide bonds. The lowest BCUT2D eigenvalue weighted by Gasteiger charge is -2.46. The van der Waals surface area contributed by atoms with Gasteiger partial charge < -0.3 is 19.5 Å². The van der Waals surface area contributed by atoms with Crippen molar-refractivity contribution < 1.29 is 14.2 Å². The molecule has 3 unspecified atom stereocenters. The standard InChI is InChI=1S/C16H29NO3/c1-17-15(14-4-2-3-8-19-14)13-5-9-20-16(12-13)6-10-18-11-7-16/h13-15,17H,2-12H2,1H3. The molecule has 0 saturated carbocycles. The zero-order valence-corrected chi connectivity index (χ0v) is 12.7. The largest absolute Gasteiger partial charge is 0.381 e. The van der Waals surface area contributed by atoms with Crippen LogP contribution in [0.5, 0.6) is 0 Å². The molecule has 0 aromatic heterocycles. The predicted molar refractivity (Wildman–Crippen MR) is 77.9 cm³/mol. The monoisotopic (exact) mass is 283 g/mol. The summed E-state index contributed by atoms with van der Waals surface area (Å²) < 4.78 is 17.7. The lowest BCUT2D eigenvalue weighted by molar-refractivity contribution is -0.156. The average molecular weight is 283 g/mol. The second-order valence-electron chi connectivity index (χ2n) is 6.62. The predicted octanol–water partition coefficient (Wildman–Crippen LogP) is 2.12. The molecular formula is C16H29NO3. The minimum atomic E-state index is 0.0882. The number of nitrogens with one attached hydrogen (secondary N) is 1. The first-order chi connectivity index (χ1) is 9.83. The van der Waals surface area contributed by atoms with Crippen LogP contribution in [0.4, 0.5) is 0 Å². The Bertz CT molecular complexity index is 293. The van der Waals surface area contributed by atoms with Gasteiger partial charge in [-0.25, -0.2) is 0 Å². The molecule has 1 N–H and O–H groups in total. The summed E-state index contributed by atoms with van der Waals surface area (Å²) in [5.41, 5.74) is 0.0882. The minimum absolute atomic E-state index is 0.0882. The summed E-state index contributed by atoms with van der Waals surface area (Å²) in [6.07, 6.45) is 8.59. The first kappa shape index (κ1) is 14.8. The number of ether oxygens (including phenoxy) is 3. The third-order valence-corrected chi connectivity index (χ3v) is 5.39. The molecule has 4 heteroatoms. The van der Waals surface area contributed by atoms with Gasteiger partial charge in [0.1, 0.15) is 0 Å². The van der Waals surface area contributed by atoms with Gasteiger partial charge in [0.05, 0.1) is 11.7 Å². The lowest BCUT2D eigenvalue weighted by Crippen LogP contribution is -2.53. The Kier molecular flexibility index (Phi) is 4.97. The Labute approximate surface area is 122 Å². The van der Waals surface area contributed by atoms with Gasteiger partial charge in [-0.15, -0.1) is 0 Å². The van der Waals surface area contributed by atoms with Crippen LogP contribution in [0.2, 0.25) is 0 Å². The molecule has 3 heterocycles. The highest BCUT2D eigenvalue weighted by Crippen LogP contribution is 2.39. The highest BCUT2D eigenvalue weighted by Gasteiger charge is 2.42. The normalized spacial score (nSPS) is 35.9. The van der Waals surface area contributed by atoms with E-state index < -0.39 is 0 Å². The highest BCUT2D eigenvalue weighted by atomic mass is 16.5. The molecule has 1 spiro atoms. The average Bonchev–Trinajstić information content (AvgIpc) is 2.50. The molecule has 3 saturated heterocycles. The molecule has 3 aliphatic rings. The molecule has 116 valence electrons. The van der Waals surface area contributed by atoms with Crippen molar-refractivity contribution in [1.82, 2.24) is 5.32 Å². The van der Waals surface area contributed by atoms with Crippen LogP contribution in [-0.4, -0.2) is 51.2 Å². The molecule has 4 nitrogen and oxygen atoms in total.